The average molecular weight is 475 g/mol. The monoisotopic (exact) mass is 474 g/mol. The van der Waals surface area contributed by atoms with Gasteiger partial charge in [0.2, 0.25) is 15.9 Å². The quantitative estimate of drug-likeness (QED) is 0.561. The lowest BCUT2D eigenvalue weighted by molar-refractivity contribution is 0.0920. The van der Waals surface area contributed by atoms with E-state index in [9.17, 15) is 13.2 Å². The molecule has 3 aromatic rings. The molecule has 32 heavy (non-hydrogen) atoms. The topological polar surface area (TPSA) is 105 Å². The van der Waals surface area contributed by atoms with Crippen molar-refractivity contribution in [3.63, 3.8) is 0 Å². The molecule has 1 N–H and O–H groups in total. The molecule has 1 aliphatic heterocycles. The Hall–Kier alpha value is -2.75. The minimum atomic E-state index is -3.51. The van der Waals surface area contributed by atoms with Gasteiger partial charge in [0.05, 0.1) is 4.90 Å². The number of hydrogen-bond acceptors (Lipinski definition) is 6. The van der Waals surface area contributed by atoms with Gasteiger partial charge in [0.15, 0.2) is 0 Å². The van der Waals surface area contributed by atoms with E-state index in [-0.39, 0.29) is 16.7 Å². The summed E-state index contributed by atoms with van der Waals surface area (Å²) in [4.78, 5) is 12.5. The van der Waals surface area contributed by atoms with Crippen molar-refractivity contribution in [1.29, 1.82) is 0 Å². The van der Waals surface area contributed by atoms with Crippen LogP contribution in [0.25, 0.3) is 11.5 Å². The Morgan fingerprint density at radius 1 is 1.00 bits per heavy atom. The molecule has 1 saturated heterocycles. The van der Waals surface area contributed by atoms with Crippen molar-refractivity contribution >= 4 is 27.5 Å². The van der Waals surface area contributed by atoms with Crippen LogP contribution < -0.4 is 5.32 Å². The summed E-state index contributed by atoms with van der Waals surface area (Å²) in [5, 5.41) is 11.1. The highest BCUT2D eigenvalue weighted by molar-refractivity contribution is 7.89. The molecule has 1 amide bonds. The summed E-state index contributed by atoms with van der Waals surface area (Å²) in [7, 11) is -3.51. The number of aromatic nitrogens is 2. The van der Waals surface area contributed by atoms with Crippen LogP contribution in [0.15, 0.2) is 57.8 Å². The summed E-state index contributed by atoms with van der Waals surface area (Å²) >= 11 is 5.87. The highest BCUT2D eigenvalue weighted by atomic mass is 35.5. The molecule has 4 rings (SSSR count). The minimum Gasteiger partial charge on any atom is -0.412 e. The molecule has 8 nitrogen and oxygen atoms in total. The first-order valence-corrected chi connectivity index (χ1v) is 12.2. The lowest BCUT2D eigenvalue weighted by atomic mass is 10.1. The summed E-state index contributed by atoms with van der Waals surface area (Å²) in [6.07, 6.45) is 3.45. The zero-order valence-corrected chi connectivity index (χ0v) is 18.9. The van der Waals surface area contributed by atoms with E-state index in [1.54, 1.807) is 24.3 Å². The maximum absolute atomic E-state index is 12.8. The van der Waals surface area contributed by atoms with Crippen LogP contribution in [0.4, 0.5) is 0 Å². The number of rotatable bonds is 7. The van der Waals surface area contributed by atoms with Crippen molar-refractivity contribution in [2.24, 2.45) is 0 Å². The highest BCUT2D eigenvalue weighted by Gasteiger charge is 2.26. The molecule has 0 radical (unpaired) electrons. The summed E-state index contributed by atoms with van der Waals surface area (Å²) in [6.45, 7) is 1.50. The van der Waals surface area contributed by atoms with E-state index in [4.69, 9.17) is 16.0 Å². The number of nitrogens with zero attached hydrogens (tertiary/aromatic N) is 3. The molecule has 1 fully saturated rings. The second kappa shape index (κ2) is 9.81. The SMILES string of the molecule is O=C(NCCc1ccc(Cl)cc1)c1nnc(-c2ccc(S(=O)(=O)N3CCCCC3)cc2)o1. The van der Waals surface area contributed by atoms with Gasteiger partial charge in [-0.25, -0.2) is 8.42 Å². The summed E-state index contributed by atoms with van der Waals surface area (Å²) in [5.74, 6) is -0.474. The number of piperidine rings is 1. The number of benzene rings is 2. The van der Waals surface area contributed by atoms with Crippen molar-refractivity contribution in [2.45, 2.75) is 30.6 Å². The Labute approximate surface area is 191 Å². The number of nitrogens with one attached hydrogen (secondary N) is 1. The fourth-order valence-corrected chi connectivity index (χ4v) is 5.15. The second-order valence-corrected chi connectivity index (χ2v) is 9.91. The van der Waals surface area contributed by atoms with Gasteiger partial charge in [-0.15, -0.1) is 10.2 Å². The van der Waals surface area contributed by atoms with Crippen LogP contribution in [-0.2, 0) is 16.4 Å². The number of amides is 1. The zero-order chi connectivity index (χ0) is 22.6. The van der Waals surface area contributed by atoms with Crippen LogP contribution in [0.1, 0.15) is 35.5 Å². The third kappa shape index (κ3) is 5.17. The molecule has 0 unspecified atom stereocenters. The van der Waals surface area contributed by atoms with Gasteiger partial charge in [-0.3, -0.25) is 4.79 Å². The Morgan fingerprint density at radius 2 is 1.69 bits per heavy atom. The van der Waals surface area contributed by atoms with E-state index in [0.29, 0.717) is 36.6 Å². The third-order valence-electron chi connectivity index (χ3n) is 5.29. The molecule has 0 spiro atoms. The van der Waals surface area contributed by atoms with Crippen molar-refractivity contribution in [2.75, 3.05) is 19.6 Å². The van der Waals surface area contributed by atoms with Crippen molar-refractivity contribution in [1.82, 2.24) is 19.8 Å². The number of carbonyl (C=O) groups excluding carboxylic acids is 1. The van der Waals surface area contributed by atoms with Gasteiger partial charge < -0.3 is 9.73 Å². The minimum absolute atomic E-state index is 0.148. The molecule has 1 aliphatic rings. The molecule has 2 heterocycles. The van der Waals surface area contributed by atoms with Gasteiger partial charge >= 0.3 is 11.8 Å². The van der Waals surface area contributed by atoms with Gasteiger partial charge in [0.25, 0.3) is 0 Å². The van der Waals surface area contributed by atoms with Crippen LogP contribution in [0.3, 0.4) is 0 Å². The molecule has 0 aliphatic carbocycles. The molecule has 0 bridgehead atoms. The van der Waals surface area contributed by atoms with E-state index in [2.05, 4.69) is 15.5 Å². The molecule has 168 valence electrons. The summed E-state index contributed by atoms with van der Waals surface area (Å²) < 4.78 is 32.5. The van der Waals surface area contributed by atoms with Gasteiger partial charge in [0, 0.05) is 30.2 Å². The van der Waals surface area contributed by atoms with Gasteiger partial charge in [-0.2, -0.15) is 4.31 Å². The summed E-state index contributed by atoms with van der Waals surface area (Å²) in [5.41, 5.74) is 1.58. The van der Waals surface area contributed by atoms with Crippen LogP contribution in [-0.4, -0.2) is 48.5 Å². The molecule has 0 atom stereocenters. The molecular weight excluding hydrogens is 452 g/mol. The summed E-state index contributed by atoms with van der Waals surface area (Å²) in [6, 6.07) is 13.6. The number of carbonyl (C=O) groups is 1. The molecule has 0 saturated carbocycles. The number of hydrogen-bond donors (Lipinski definition) is 1. The fraction of sp³-hybridized carbons (Fsp3) is 0.318. The average Bonchev–Trinajstić information content (AvgIpc) is 3.31. The van der Waals surface area contributed by atoms with E-state index >= 15 is 0 Å². The number of halogens is 1. The number of sulfonamides is 1. The first-order chi connectivity index (χ1) is 15.4. The van der Waals surface area contributed by atoms with Gasteiger partial charge in [-0.1, -0.05) is 30.2 Å². The zero-order valence-electron chi connectivity index (χ0n) is 17.3. The van der Waals surface area contributed by atoms with Crippen molar-refractivity contribution in [3.05, 3.63) is 65.0 Å². The fourth-order valence-electron chi connectivity index (χ4n) is 3.50. The highest BCUT2D eigenvalue weighted by Crippen LogP contribution is 2.24. The smallest absolute Gasteiger partial charge is 0.308 e. The molecule has 1 aromatic heterocycles. The van der Waals surface area contributed by atoms with Crippen LogP contribution in [0, 0.1) is 0 Å². The Bertz CT molecular complexity index is 1170. The van der Waals surface area contributed by atoms with Gasteiger partial charge in [-0.05, 0) is 61.2 Å². The van der Waals surface area contributed by atoms with E-state index in [1.165, 1.54) is 16.4 Å². The maximum atomic E-state index is 12.8. The molecule has 2 aromatic carbocycles. The van der Waals surface area contributed by atoms with Crippen molar-refractivity contribution < 1.29 is 17.6 Å². The lowest BCUT2D eigenvalue weighted by Gasteiger charge is -2.25. The first-order valence-electron chi connectivity index (χ1n) is 10.4. The lowest BCUT2D eigenvalue weighted by Crippen LogP contribution is -2.35. The van der Waals surface area contributed by atoms with Crippen LogP contribution in [0.2, 0.25) is 5.02 Å². The predicted molar refractivity (Wildman–Crippen MR) is 120 cm³/mol. The van der Waals surface area contributed by atoms with E-state index in [0.717, 1.165) is 24.8 Å². The first kappa shape index (κ1) is 22.4. The Balaban J connectivity index is 1.37. The second-order valence-electron chi connectivity index (χ2n) is 7.53. The van der Waals surface area contributed by atoms with E-state index in [1.807, 2.05) is 12.1 Å². The third-order valence-corrected chi connectivity index (χ3v) is 7.45. The standard InChI is InChI=1S/C22H23ClN4O4S/c23-18-8-4-16(5-9-18)12-13-24-20(28)22-26-25-21(31-22)17-6-10-19(11-7-17)32(29,30)27-14-2-1-3-15-27/h4-11H,1-3,12-15H2,(H,24,28). The van der Waals surface area contributed by atoms with Crippen molar-refractivity contribution in [3.8, 4) is 11.5 Å². The molecule has 10 heteroatoms. The van der Waals surface area contributed by atoms with Gasteiger partial charge in [0.1, 0.15) is 0 Å². The Kier molecular flexibility index (Phi) is 6.88. The van der Waals surface area contributed by atoms with Crippen LogP contribution >= 0.6 is 11.6 Å². The maximum Gasteiger partial charge on any atom is 0.308 e. The predicted octanol–water partition coefficient (Wildman–Crippen LogP) is 3.54. The normalized spacial score (nSPS) is 14.9. The van der Waals surface area contributed by atoms with E-state index < -0.39 is 15.9 Å². The Morgan fingerprint density at radius 3 is 2.38 bits per heavy atom. The molecular formula is C22H23ClN4O4S. The van der Waals surface area contributed by atoms with Crippen LogP contribution in [0.5, 0.6) is 0 Å². The largest absolute Gasteiger partial charge is 0.412 e.